The van der Waals surface area contributed by atoms with Crippen molar-refractivity contribution in [2.24, 2.45) is 0 Å². The molecular weight excluding hydrogens is 297 g/mol. The number of amides is 1. The summed E-state index contributed by atoms with van der Waals surface area (Å²) in [5, 5.41) is 1.78. The highest BCUT2D eigenvalue weighted by Crippen LogP contribution is 2.22. The van der Waals surface area contributed by atoms with Crippen molar-refractivity contribution in [1.29, 1.82) is 0 Å². The van der Waals surface area contributed by atoms with E-state index in [0.717, 1.165) is 6.42 Å². The lowest BCUT2D eigenvalue weighted by molar-refractivity contribution is -0.122. The van der Waals surface area contributed by atoms with Crippen molar-refractivity contribution in [3.05, 3.63) is 0 Å². The fourth-order valence-electron chi connectivity index (χ4n) is 1.97. The summed E-state index contributed by atoms with van der Waals surface area (Å²) >= 11 is 11.7. The molecule has 0 radical (unpaired) electrons. The van der Waals surface area contributed by atoms with Gasteiger partial charge in [-0.05, 0) is 19.3 Å². The molecule has 0 bridgehead atoms. The van der Waals surface area contributed by atoms with Gasteiger partial charge in [-0.15, -0.1) is 23.2 Å². The van der Waals surface area contributed by atoms with Gasteiger partial charge in [0.15, 0.2) is 9.84 Å². The smallest absolute Gasteiger partial charge is 0.238 e. The minimum absolute atomic E-state index is 0.0892. The van der Waals surface area contributed by atoms with Crippen LogP contribution in [-0.2, 0) is 14.6 Å². The van der Waals surface area contributed by atoms with Crippen LogP contribution in [0.2, 0.25) is 0 Å². The van der Waals surface area contributed by atoms with Gasteiger partial charge in [-0.2, -0.15) is 0 Å². The normalized spacial score (nSPS) is 23.6. The highest BCUT2D eigenvalue weighted by molar-refractivity contribution is 7.92. The average Bonchev–Trinajstić information content (AvgIpc) is 2.35. The van der Waals surface area contributed by atoms with Crippen LogP contribution in [0.4, 0.5) is 0 Å². The number of carbonyl (C=O) groups excluding carboxylic acids is 1. The van der Waals surface area contributed by atoms with Gasteiger partial charge in [-0.1, -0.05) is 13.3 Å². The fourth-order valence-corrected chi connectivity index (χ4v) is 4.57. The van der Waals surface area contributed by atoms with Crippen LogP contribution in [0.15, 0.2) is 0 Å². The van der Waals surface area contributed by atoms with Gasteiger partial charge < -0.3 is 5.32 Å². The SMILES string of the molecule is CCC(CCl)(CCl)NC(=O)C1CCCCS1(=O)=O. The molecule has 0 aromatic rings. The van der Waals surface area contributed by atoms with Gasteiger partial charge in [-0.25, -0.2) is 8.42 Å². The summed E-state index contributed by atoms with van der Waals surface area (Å²) in [5.41, 5.74) is -0.715. The van der Waals surface area contributed by atoms with Crippen molar-refractivity contribution in [3.63, 3.8) is 0 Å². The van der Waals surface area contributed by atoms with Crippen molar-refractivity contribution in [1.82, 2.24) is 5.32 Å². The van der Waals surface area contributed by atoms with Crippen molar-refractivity contribution in [3.8, 4) is 0 Å². The predicted molar refractivity (Wildman–Crippen MR) is 74.0 cm³/mol. The number of rotatable bonds is 5. The molecule has 7 heteroatoms. The van der Waals surface area contributed by atoms with E-state index < -0.39 is 26.5 Å². The van der Waals surface area contributed by atoms with Crippen molar-refractivity contribution < 1.29 is 13.2 Å². The first-order chi connectivity index (χ1) is 8.40. The van der Waals surface area contributed by atoms with E-state index in [-0.39, 0.29) is 17.5 Å². The van der Waals surface area contributed by atoms with E-state index in [1.807, 2.05) is 6.92 Å². The highest BCUT2D eigenvalue weighted by Gasteiger charge is 2.38. The molecular formula is C11H19Cl2NO3S. The molecule has 0 aliphatic carbocycles. The molecule has 0 spiro atoms. The maximum Gasteiger partial charge on any atom is 0.238 e. The second-order valence-corrected chi connectivity index (χ2v) is 7.58. The van der Waals surface area contributed by atoms with Crippen molar-refractivity contribution in [2.75, 3.05) is 17.5 Å². The van der Waals surface area contributed by atoms with E-state index >= 15 is 0 Å². The summed E-state index contributed by atoms with van der Waals surface area (Å²) in [4.78, 5) is 12.1. The number of nitrogens with one attached hydrogen (secondary N) is 1. The van der Waals surface area contributed by atoms with Crippen LogP contribution in [0, 0.1) is 0 Å². The zero-order chi connectivity index (χ0) is 13.8. The number of hydrogen-bond donors (Lipinski definition) is 1. The first-order valence-electron chi connectivity index (χ1n) is 6.06. The average molecular weight is 316 g/mol. The molecule has 1 N–H and O–H groups in total. The van der Waals surface area contributed by atoms with Gasteiger partial charge in [0.1, 0.15) is 5.25 Å². The Bertz CT molecular complexity index is 385. The highest BCUT2D eigenvalue weighted by atomic mass is 35.5. The summed E-state index contributed by atoms with van der Waals surface area (Å²) < 4.78 is 23.7. The lowest BCUT2D eigenvalue weighted by Gasteiger charge is -2.32. The third-order valence-corrected chi connectivity index (χ3v) is 6.65. The Morgan fingerprint density at radius 2 is 1.94 bits per heavy atom. The molecule has 1 unspecified atom stereocenters. The molecule has 1 rings (SSSR count). The molecule has 1 fully saturated rings. The molecule has 1 amide bonds. The minimum Gasteiger partial charge on any atom is -0.347 e. The lowest BCUT2D eigenvalue weighted by Crippen LogP contribution is -2.56. The van der Waals surface area contributed by atoms with Gasteiger partial charge in [0.25, 0.3) is 0 Å². The van der Waals surface area contributed by atoms with Crippen molar-refractivity contribution >= 4 is 38.9 Å². The van der Waals surface area contributed by atoms with Crippen molar-refractivity contribution in [2.45, 2.75) is 43.4 Å². The Hall–Kier alpha value is -0.000000000000000111. The maximum atomic E-state index is 12.1. The summed E-state index contributed by atoms with van der Waals surface area (Å²) in [6.45, 7) is 1.86. The third-order valence-electron chi connectivity index (χ3n) is 3.45. The molecule has 0 aromatic carbocycles. The molecule has 1 atom stereocenters. The molecule has 1 aliphatic heterocycles. The number of sulfone groups is 1. The zero-order valence-corrected chi connectivity index (χ0v) is 12.7. The molecule has 106 valence electrons. The van der Waals surface area contributed by atoms with Gasteiger partial charge >= 0.3 is 0 Å². The summed E-state index contributed by atoms with van der Waals surface area (Å²) in [6.07, 6.45) is 2.35. The van der Waals surface area contributed by atoms with E-state index in [4.69, 9.17) is 23.2 Å². The largest absolute Gasteiger partial charge is 0.347 e. The van der Waals surface area contributed by atoms with Gasteiger partial charge in [-0.3, -0.25) is 4.79 Å². The van der Waals surface area contributed by atoms with Crippen LogP contribution >= 0.6 is 23.2 Å². The Morgan fingerprint density at radius 1 is 1.33 bits per heavy atom. The zero-order valence-electron chi connectivity index (χ0n) is 10.4. The van der Waals surface area contributed by atoms with Crippen LogP contribution in [0.25, 0.3) is 0 Å². The Kier molecular flexibility index (Phi) is 5.74. The van der Waals surface area contributed by atoms with E-state index in [2.05, 4.69) is 5.32 Å². The van der Waals surface area contributed by atoms with E-state index in [9.17, 15) is 13.2 Å². The molecule has 18 heavy (non-hydrogen) atoms. The first kappa shape index (κ1) is 16.1. The standard InChI is InChI=1S/C11H19Cl2NO3S/c1-2-11(7-12,8-13)14-10(15)9-5-3-4-6-18(9,16)17/h9H,2-8H2,1H3,(H,14,15). The van der Waals surface area contributed by atoms with Crippen LogP contribution < -0.4 is 5.32 Å². The molecule has 0 saturated carbocycles. The van der Waals surface area contributed by atoms with E-state index in [1.165, 1.54) is 0 Å². The predicted octanol–water partition coefficient (Wildman–Crippen LogP) is 1.70. The number of hydrogen-bond acceptors (Lipinski definition) is 3. The monoisotopic (exact) mass is 315 g/mol. The van der Waals surface area contributed by atoms with E-state index in [0.29, 0.717) is 19.3 Å². The molecule has 0 aromatic heterocycles. The quantitative estimate of drug-likeness (QED) is 0.785. The fraction of sp³-hybridized carbons (Fsp3) is 0.909. The number of alkyl halides is 2. The minimum atomic E-state index is -3.32. The number of carbonyl (C=O) groups is 1. The Balaban J connectivity index is 2.81. The van der Waals surface area contributed by atoms with Gasteiger partial charge in [0, 0.05) is 11.8 Å². The Morgan fingerprint density at radius 3 is 2.39 bits per heavy atom. The van der Waals surface area contributed by atoms with Crippen LogP contribution in [-0.4, -0.2) is 42.6 Å². The van der Waals surface area contributed by atoms with Gasteiger partial charge in [0.2, 0.25) is 5.91 Å². The third kappa shape index (κ3) is 3.52. The summed E-state index contributed by atoms with van der Waals surface area (Å²) in [6, 6.07) is 0. The summed E-state index contributed by atoms with van der Waals surface area (Å²) in [7, 11) is -3.32. The van der Waals surface area contributed by atoms with E-state index in [1.54, 1.807) is 0 Å². The molecule has 1 heterocycles. The number of halogens is 2. The molecule has 1 saturated heterocycles. The van der Waals surface area contributed by atoms with Gasteiger partial charge in [0.05, 0.1) is 11.3 Å². The topological polar surface area (TPSA) is 63.2 Å². The van der Waals surface area contributed by atoms with Crippen LogP contribution in [0.1, 0.15) is 32.6 Å². The second kappa shape index (κ2) is 6.44. The maximum absolute atomic E-state index is 12.1. The molecule has 1 aliphatic rings. The molecule has 4 nitrogen and oxygen atoms in total. The first-order valence-corrected chi connectivity index (χ1v) is 8.85. The van der Waals surface area contributed by atoms with Crippen LogP contribution in [0.5, 0.6) is 0 Å². The summed E-state index contributed by atoms with van der Waals surface area (Å²) in [5.74, 6) is -0.0268. The van der Waals surface area contributed by atoms with Crippen LogP contribution in [0.3, 0.4) is 0 Å². The Labute approximate surface area is 118 Å². The lowest BCUT2D eigenvalue weighted by atomic mass is 10.0. The second-order valence-electron chi connectivity index (χ2n) is 4.74.